The van der Waals surface area contributed by atoms with E-state index in [9.17, 15) is 8.78 Å². The third-order valence-electron chi connectivity index (χ3n) is 2.61. The second-order valence-corrected chi connectivity index (χ2v) is 4.54. The van der Waals surface area contributed by atoms with E-state index < -0.39 is 11.6 Å². The second kappa shape index (κ2) is 6.99. The van der Waals surface area contributed by atoms with Crippen molar-refractivity contribution in [3.05, 3.63) is 54.1 Å². The molecular weight excluding hydrogens is 294 g/mol. The molecule has 0 unspecified atom stereocenters. The molecule has 2 N–H and O–H groups in total. The molecule has 3 nitrogen and oxygen atoms in total. The molecule has 0 saturated heterocycles. The minimum absolute atomic E-state index is 0.0265. The molecule has 0 saturated carbocycles. The Morgan fingerprint density at radius 1 is 1.10 bits per heavy atom. The Balaban J connectivity index is 2.10. The van der Waals surface area contributed by atoms with Gasteiger partial charge in [-0.2, -0.15) is 0 Å². The van der Waals surface area contributed by atoms with Gasteiger partial charge in [0.05, 0.1) is 18.0 Å². The quantitative estimate of drug-likeness (QED) is 0.831. The lowest BCUT2D eigenvalue weighted by Gasteiger charge is -2.14. The maximum absolute atomic E-state index is 13.5. The average Bonchev–Trinajstić information content (AvgIpc) is 2.45. The first kappa shape index (κ1) is 15.2. The summed E-state index contributed by atoms with van der Waals surface area (Å²) >= 11 is 5.10. The number of halogens is 2. The van der Waals surface area contributed by atoms with Crippen molar-refractivity contribution in [3.63, 3.8) is 0 Å². The van der Waals surface area contributed by atoms with Gasteiger partial charge in [0.1, 0.15) is 17.4 Å². The molecule has 21 heavy (non-hydrogen) atoms. The molecule has 0 aromatic heterocycles. The Labute approximate surface area is 126 Å². The molecule has 2 aromatic carbocycles. The van der Waals surface area contributed by atoms with Crippen molar-refractivity contribution in [1.29, 1.82) is 0 Å². The van der Waals surface area contributed by atoms with Crippen molar-refractivity contribution >= 4 is 28.7 Å². The van der Waals surface area contributed by atoms with Crippen LogP contribution >= 0.6 is 12.2 Å². The lowest BCUT2D eigenvalue weighted by molar-refractivity contribution is 0.342. The van der Waals surface area contributed by atoms with Crippen molar-refractivity contribution in [1.82, 2.24) is 0 Å². The van der Waals surface area contributed by atoms with E-state index in [2.05, 4.69) is 10.6 Å². The van der Waals surface area contributed by atoms with Crippen LogP contribution in [0.5, 0.6) is 5.75 Å². The summed E-state index contributed by atoms with van der Waals surface area (Å²) in [6, 6.07) is 10.3. The topological polar surface area (TPSA) is 33.3 Å². The largest absolute Gasteiger partial charge is 0.492 e. The normalized spacial score (nSPS) is 10.0. The fourth-order valence-corrected chi connectivity index (χ4v) is 1.94. The predicted molar refractivity (Wildman–Crippen MR) is 83.8 cm³/mol. The van der Waals surface area contributed by atoms with Crippen LogP contribution in [-0.2, 0) is 0 Å². The highest BCUT2D eigenvalue weighted by Gasteiger charge is 2.08. The SMILES string of the molecule is CCOc1ccccc1NC(=S)Nc1cc(F)ccc1F. The third-order valence-corrected chi connectivity index (χ3v) is 2.82. The number of benzene rings is 2. The summed E-state index contributed by atoms with van der Waals surface area (Å²) in [5, 5.41) is 5.66. The van der Waals surface area contributed by atoms with Gasteiger partial charge in [0.25, 0.3) is 0 Å². The third kappa shape index (κ3) is 4.13. The van der Waals surface area contributed by atoms with Gasteiger partial charge in [0.15, 0.2) is 5.11 Å². The van der Waals surface area contributed by atoms with Gasteiger partial charge in [-0.05, 0) is 43.4 Å². The van der Waals surface area contributed by atoms with Crippen molar-refractivity contribution in [2.75, 3.05) is 17.2 Å². The van der Waals surface area contributed by atoms with E-state index in [0.29, 0.717) is 18.0 Å². The zero-order valence-corrected chi connectivity index (χ0v) is 12.1. The van der Waals surface area contributed by atoms with Gasteiger partial charge < -0.3 is 15.4 Å². The second-order valence-electron chi connectivity index (χ2n) is 4.13. The van der Waals surface area contributed by atoms with Crippen molar-refractivity contribution < 1.29 is 13.5 Å². The van der Waals surface area contributed by atoms with Crippen LogP contribution in [0.2, 0.25) is 0 Å². The minimum atomic E-state index is -0.585. The van der Waals surface area contributed by atoms with Gasteiger partial charge in [-0.25, -0.2) is 8.78 Å². The van der Waals surface area contributed by atoms with E-state index in [0.717, 1.165) is 18.2 Å². The molecule has 0 fully saturated rings. The van der Waals surface area contributed by atoms with Crippen molar-refractivity contribution in [2.45, 2.75) is 6.92 Å². The molecular formula is C15H14F2N2OS. The Morgan fingerprint density at radius 3 is 2.57 bits per heavy atom. The van der Waals surface area contributed by atoms with Gasteiger partial charge in [-0.15, -0.1) is 0 Å². The van der Waals surface area contributed by atoms with Crippen LogP contribution in [0.4, 0.5) is 20.2 Å². The van der Waals surface area contributed by atoms with Crippen LogP contribution in [0.1, 0.15) is 6.92 Å². The Bertz CT molecular complexity index is 649. The monoisotopic (exact) mass is 308 g/mol. The fourth-order valence-electron chi connectivity index (χ4n) is 1.72. The van der Waals surface area contributed by atoms with Gasteiger partial charge >= 0.3 is 0 Å². The molecule has 2 aromatic rings. The van der Waals surface area contributed by atoms with Gasteiger partial charge in [-0.3, -0.25) is 0 Å². The summed E-state index contributed by atoms with van der Waals surface area (Å²) in [5.41, 5.74) is 0.620. The first-order chi connectivity index (χ1) is 10.1. The molecule has 110 valence electrons. The number of anilines is 2. The molecule has 0 aliphatic heterocycles. The highest BCUT2D eigenvalue weighted by atomic mass is 32.1. The molecule has 0 radical (unpaired) electrons. The van der Waals surface area contributed by atoms with Crippen LogP contribution < -0.4 is 15.4 Å². The van der Waals surface area contributed by atoms with Crippen molar-refractivity contribution in [3.8, 4) is 5.75 Å². The van der Waals surface area contributed by atoms with E-state index in [1.165, 1.54) is 0 Å². The molecule has 6 heteroatoms. The summed E-state index contributed by atoms with van der Waals surface area (Å²) < 4.78 is 32.1. The van der Waals surface area contributed by atoms with Gasteiger partial charge in [0, 0.05) is 6.07 Å². The summed E-state index contributed by atoms with van der Waals surface area (Å²) in [6.07, 6.45) is 0. The Kier molecular flexibility index (Phi) is 5.05. The lowest BCUT2D eigenvalue weighted by Crippen LogP contribution is -2.20. The Hall–Kier alpha value is -2.21. The van der Waals surface area contributed by atoms with E-state index in [1.54, 1.807) is 12.1 Å². The van der Waals surface area contributed by atoms with Gasteiger partial charge in [-0.1, -0.05) is 12.1 Å². The zero-order valence-electron chi connectivity index (χ0n) is 11.3. The standard InChI is InChI=1S/C15H14F2N2OS/c1-2-20-14-6-4-3-5-12(14)18-15(21)19-13-9-10(16)7-8-11(13)17/h3-9H,2H2,1H3,(H2,18,19,21). The highest BCUT2D eigenvalue weighted by molar-refractivity contribution is 7.80. The Morgan fingerprint density at radius 2 is 1.81 bits per heavy atom. The smallest absolute Gasteiger partial charge is 0.175 e. The van der Waals surface area contributed by atoms with E-state index in [4.69, 9.17) is 17.0 Å². The first-order valence-corrected chi connectivity index (χ1v) is 6.76. The summed E-state index contributed by atoms with van der Waals surface area (Å²) in [5.74, 6) is -0.501. The number of hydrogen-bond donors (Lipinski definition) is 2. The van der Waals surface area contributed by atoms with E-state index >= 15 is 0 Å². The molecule has 0 atom stereocenters. The van der Waals surface area contributed by atoms with Crippen LogP contribution in [0.25, 0.3) is 0 Å². The average molecular weight is 308 g/mol. The minimum Gasteiger partial charge on any atom is -0.492 e. The summed E-state index contributed by atoms with van der Waals surface area (Å²) in [7, 11) is 0. The summed E-state index contributed by atoms with van der Waals surface area (Å²) in [4.78, 5) is 0. The van der Waals surface area contributed by atoms with Crippen molar-refractivity contribution in [2.24, 2.45) is 0 Å². The van der Waals surface area contributed by atoms with Crippen LogP contribution in [0.3, 0.4) is 0 Å². The zero-order chi connectivity index (χ0) is 15.2. The number of para-hydroxylation sites is 2. The summed E-state index contributed by atoms with van der Waals surface area (Å²) in [6.45, 7) is 2.38. The molecule has 0 aliphatic rings. The van der Waals surface area contributed by atoms with E-state index in [1.807, 2.05) is 19.1 Å². The molecule has 0 amide bonds. The maximum atomic E-state index is 13.5. The van der Waals surface area contributed by atoms with Crippen LogP contribution in [0.15, 0.2) is 42.5 Å². The number of hydrogen-bond acceptors (Lipinski definition) is 2. The van der Waals surface area contributed by atoms with Crippen LogP contribution in [0, 0.1) is 11.6 Å². The predicted octanol–water partition coefficient (Wildman–Crippen LogP) is 4.17. The number of ether oxygens (including phenoxy) is 1. The molecule has 0 bridgehead atoms. The van der Waals surface area contributed by atoms with E-state index in [-0.39, 0.29) is 10.8 Å². The maximum Gasteiger partial charge on any atom is 0.175 e. The number of nitrogens with one attached hydrogen (secondary N) is 2. The van der Waals surface area contributed by atoms with Crippen LogP contribution in [-0.4, -0.2) is 11.7 Å². The molecule has 0 spiro atoms. The molecule has 0 aliphatic carbocycles. The first-order valence-electron chi connectivity index (χ1n) is 6.35. The number of thiocarbonyl (C=S) groups is 1. The van der Waals surface area contributed by atoms with Gasteiger partial charge in [0.2, 0.25) is 0 Å². The number of rotatable bonds is 4. The molecule has 2 rings (SSSR count). The highest BCUT2D eigenvalue weighted by Crippen LogP contribution is 2.24. The lowest BCUT2D eigenvalue weighted by atomic mass is 10.3. The molecule has 0 heterocycles. The fraction of sp³-hybridized carbons (Fsp3) is 0.133.